The number of fused-ring (bicyclic) bond motifs is 1. The summed E-state index contributed by atoms with van der Waals surface area (Å²) in [5.74, 6) is 0.332. The SMILES string of the molecule is CCc1cc(=O)oc2cc(OCC(=O)N3CC[C@@]45OCCCN4C(=O)C[C@@H]35)ccc12. The minimum Gasteiger partial charge on any atom is -0.484 e. The van der Waals surface area contributed by atoms with Gasteiger partial charge in [-0.1, -0.05) is 6.92 Å². The first-order chi connectivity index (χ1) is 14.5. The highest BCUT2D eigenvalue weighted by atomic mass is 16.5. The molecular weight excluding hydrogens is 388 g/mol. The van der Waals surface area contributed by atoms with Crippen molar-refractivity contribution in [2.45, 2.75) is 44.4 Å². The molecule has 2 aromatic rings. The van der Waals surface area contributed by atoms with E-state index in [0.29, 0.717) is 43.9 Å². The van der Waals surface area contributed by atoms with Crippen LogP contribution in [0.1, 0.15) is 31.7 Å². The van der Waals surface area contributed by atoms with Gasteiger partial charge in [0.1, 0.15) is 11.3 Å². The number of nitrogens with zero attached hydrogens (tertiary/aromatic N) is 2. The summed E-state index contributed by atoms with van der Waals surface area (Å²) in [6.45, 7) is 3.68. The van der Waals surface area contributed by atoms with E-state index in [1.165, 1.54) is 6.07 Å². The van der Waals surface area contributed by atoms with Gasteiger partial charge < -0.3 is 23.7 Å². The van der Waals surface area contributed by atoms with Gasteiger partial charge in [0.2, 0.25) is 5.91 Å². The summed E-state index contributed by atoms with van der Waals surface area (Å²) in [5.41, 5.74) is 0.289. The molecule has 3 aliphatic heterocycles. The summed E-state index contributed by atoms with van der Waals surface area (Å²) in [5, 5.41) is 0.858. The molecule has 8 heteroatoms. The maximum Gasteiger partial charge on any atom is 0.336 e. The number of benzene rings is 1. The number of hydrogen-bond donors (Lipinski definition) is 0. The second kappa shape index (κ2) is 7.12. The molecule has 0 bridgehead atoms. The molecule has 30 heavy (non-hydrogen) atoms. The molecule has 0 aliphatic carbocycles. The maximum absolute atomic E-state index is 12.9. The Labute approximate surface area is 173 Å². The smallest absolute Gasteiger partial charge is 0.336 e. The van der Waals surface area contributed by atoms with Gasteiger partial charge >= 0.3 is 5.63 Å². The zero-order valence-electron chi connectivity index (χ0n) is 16.9. The van der Waals surface area contributed by atoms with Gasteiger partial charge in [-0.3, -0.25) is 9.59 Å². The predicted molar refractivity (Wildman–Crippen MR) is 107 cm³/mol. The van der Waals surface area contributed by atoms with E-state index in [-0.39, 0.29) is 24.5 Å². The second-order valence-electron chi connectivity index (χ2n) is 8.04. The number of rotatable bonds is 4. The minimum atomic E-state index is -0.659. The number of aryl methyl sites for hydroxylation is 1. The van der Waals surface area contributed by atoms with Crippen LogP contribution in [-0.2, 0) is 20.7 Å². The number of likely N-dealkylation sites (tertiary alicyclic amines) is 1. The Morgan fingerprint density at radius 1 is 1.27 bits per heavy atom. The average Bonchev–Trinajstić information content (AvgIpc) is 3.23. The van der Waals surface area contributed by atoms with E-state index >= 15 is 0 Å². The Kier molecular flexibility index (Phi) is 4.54. The first-order valence-corrected chi connectivity index (χ1v) is 10.5. The van der Waals surface area contributed by atoms with Crippen molar-refractivity contribution in [3.63, 3.8) is 0 Å². The van der Waals surface area contributed by atoms with Gasteiger partial charge in [-0.2, -0.15) is 0 Å². The molecule has 0 saturated carbocycles. The van der Waals surface area contributed by atoms with Crippen LogP contribution < -0.4 is 10.4 Å². The molecular formula is C22H24N2O6. The highest BCUT2D eigenvalue weighted by molar-refractivity contribution is 5.85. The first kappa shape index (κ1) is 19.1. The summed E-state index contributed by atoms with van der Waals surface area (Å²) in [7, 11) is 0. The van der Waals surface area contributed by atoms with E-state index in [2.05, 4.69) is 0 Å². The van der Waals surface area contributed by atoms with Gasteiger partial charge in [0, 0.05) is 37.0 Å². The predicted octanol–water partition coefficient (Wildman–Crippen LogP) is 1.68. The van der Waals surface area contributed by atoms with Crippen molar-refractivity contribution in [1.29, 1.82) is 0 Å². The van der Waals surface area contributed by atoms with Gasteiger partial charge in [0.05, 0.1) is 19.1 Å². The van der Waals surface area contributed by atoms with Gasteiger partial charge in [-0.05, 0) is 30.5 Å². The highest BCUT2D eigenvalue weighted by Gasteiger charge is 2.61. The monoisotopic (exact) mass is 412 g/mol. The van der Waals surface area contributed by atoms with Crippen LogP contribution in [0, 0.1) is 0 Å². The molecule has 158 valence electrons. The van der Waals surface area contributed by atoms with E-state index in [1.54, 1.807) is 17.0 Å². The standard InChI is InChI=1S/C22H24N2O6/c1-2-14-10-21(27)30-17-11-15(4-5-16(14)17)28-13-20(26)23-8-6-22-18(23)12-19(25)24(22)7-3-9-29-22/h4-5,10-11,18H,2-3,6-9,12-13H2,1H3/t18-,22+/m1/s1. The lowest BCUT2D eigenvalue weighted by molar-refractivity contribution is -0.182. The van der Waals surface area contributed by atoms with E-state index in [1.807, 2.05) is 17.9 Å². The third kappa shape index (κ3) is 2.89. The van der Waals surface area contributed by atoms with Crippen LogP contribution in [0.3, 0.4) is 0 Å². The van der Waals surface area contributed by atoms with Crippen LogP contribution in [-0.4, -0.2) is 59.7 Å². The Morgan fingerprint density at radius 3 is 2.97 bits per heavy atom. The van der Waals surface area contributed by atoms with Crippen molar-refractivity contribution in [1.82, 2.24) is 9.80 Å². The fourth-order valence-electron chi connectivity index (χ4n) is 5.07. The summed E-state index contributed by atoms with van der Waals surface area (Å²) in [6.07, 6.45) is 2.48. The summed E-state index contributed by atoms with van der Waals surface area (Å²) in [4.78, 5) is 40.6. The normalized spacial score (nSPS) is 25.5. The van der Waals surface area contributed by atoms with E-state index in [0.717, 1.165) is 23.8 Å². The fourth-order valence-corrected chi connectivity index (χ4v) is 5.07. The molecule has 1 aromatic carbocycles. The van der Waals surface area contributed by atoms with Crippen LogP contribution in [0.4, 0.5) is 0 Å². The lowest BCUT2D eigenvalue weighted by Crippen LogP contribution is -2.56. The molecule has 2 amide bonds. The van der Waals surface area contributed by atoms with Crippen molar-refractivity contribution in [3.05, 3.63) is 40.2 Å². The molecule has 3 saturated heterocycles. The van der Waals surface area contributed by atoms with Crippen LogP contribution in [0.2, 0.25) is 0 Å². The lowest BCUT2D eigenvalue weighted by atomic mass is 10.0. The average molecular weight is 412 g/mol. The summed E-state index contributed by atoms with van der Waals surface area (Å²) < 4.78 is 17.0. The number of carbonyl (C=O) groups excluding carboxylic acids is 2. The van der Waals surface area contributed by atoms with Crippen LogP contribution in [0.5, 0.6) is 5.75 Å². The topological polar surface area (TPSA) is 89.3 Å². The van der Waals surface area contributed by atoms with Crippen LogP contribution >= 0.6 is 0 Å². The van der Waals surface area contributed by atoms with Crippen LogP contribution in [0.25, 0.3) is 11.0 Å². The van der Waals surface area contributed by atoms with Gasteiger partial charge in [-0.15, -0.1) is 0 Å². The molecule has 0 radical (unpaired) electrons. The maximum atomic E-state index is 12.9. The zero-order chi connectivity index (χ0) is 20.9. The molecule has 3 aliphatic rings. The quantitative estimate of drug-likeness (QED) is 0.710. The Hall–Kier alpha value is -2.87. The lowest BCUT2D eigenvalue weighted by Gasteiger charge is -2.42. The van der Waals surface area contributed by atoms with E-state index in [9.17, 15) is 14.4 Å². The molecule has 0 unspecified atom stereocenters. The van der Waals surface area contributed by atoms with Crippen molar-refractivity contribution in [2.24, 2.45) is 0 Å². The highest BCUT2D eigenvalue weighted by Crippen LogP contribution is 2.44. The third-order valence-corrected chi connectivity index (χ3v) is 6.48. The molecule has 4 heterocycles. The molecule has 2 atom stereocenters. The van der Waals surface area contributed by atoms with Crippen molar-refractivity contribution in [2.75, 3.05) is 26.3 Å². The second-order valence-corrected chi connectivity index (χ2v) is 8.04. The Morgan fingerprint density at radius 2 is 2.13 bits per heavy atom. The zero-order valence-corrected chi connectivity index (χ0v) is 16.9. The van der Waals surface area contributed by atoms with Crippen molar-refractivity contribution in [3.8, 4) is 5.75 Å². The number of hydrogen-bond acceptors (Lipinski definition) is 6. The third-order valence-electron chi connectivity index (χ3n) is 6.48. The fraction of sp³-hybridized carbons (Fsp3) is 0.500. The first-order valence-electron chi connectivity index (χ1n) is 10.5. The molecule has 0 N–H and O–H groups in total. The van der Waals surface area contributed by atoms with Crippen molar-refractivity contribution < 1.29 is 23.5 Å². The largest absolute Gasteiger partial charge is 0.484 e. The van der Waals surface area contributed by atoms with Crippen LogP contribution in [0.15, 0.2) is 33.5 Å². The van der Waals surface area contributed by atoms with Crippen molar-refractivity contribution >= 4 is 22.8 Å². The number of carbonyl (C=O) groups is 2. The Bertz CT molecular complexity index is 1080. The number of ether oxygens (including phenoxy) is 2. The Balaban J connectivity index is 1.31. The van der Waals surface area contributed by atoms with Gasteiger partial charge in [-0.25, -0.2) is 4.79 Å². The molecule has 8 nitrogen and oxygen atoms in total. The van der Waals surface area contributed by atoms with Gasteiger partial charge in [0.25, 0.3) is 5.91 Å². The summed E-state index contributed by atoms with van der Waals surface area (Å²) >= 11 is 0. The molecule has 5 rings (SSSR count). The minimum absolute atomic E-state index is 0.0504. The molecule has 1 aromatic heterocycles. The van der Waals surface area contributed by atoms with E-state index < -0.39 is 11.4 Å². The van der Waals surface area contributed by atoms with Gasteiger partial charge in [0.15, 0.2) is 12.3 Å². The molecule has 1 spiro atoms. The number of amides is 2. The summed E-state index contributed by atoms with van der Waals surface area (Å²) in [6, 6.07) is 6.48. The van der Waals surface area contributed by atoms with E-state index in [4.69, 9.17) is 13.9 Å². The molecule has 3 fully saturated rings.